The number of carbonyl (C=O) groups excluding carboxylic acids is 1. The molecule has 0 radical (unpaired) electrons. The van der Waals surface area contributed by atoms with Gasteiger partial charge in [-0.1, -0.05) is 42.1 Å². The van der Waals surface area contributed by atoms with Gasteiger partial charge in [0.15, 0.2) is 29.1 Å². The molecule has 2 aromatic carbocycles. The van der Waals surface area contributed by atoms with Gasteiger partial charge in [-0.3, -0.25) is 9.89 Å². The number of thioether (sulfide) groups is 1. The summed E-state index contributed by atoms with van der Waals surface area (Å²) in [6, 6.07) is 9.16. The minimum absolute atomic E-state index is 0.0633. The van der Waals surface area contributed by atoms with E-state index < -0.39 is 34.9 Å². The molecule has 0 spiro atoms. The molecule has 1 aromatic heterocycles. The van der Waals surface area contributed by atoms with Crippen molar-refractivity contribution >= 4 is 23.4 Å². The molecule has 0 fully saturated rings. The summed E-state index contributed by atoms with van der Waals surface area (Å²) >= 11 is 0.885. The van der Waals surface area contributed by atoms with Crippen LogP contribution in [-0.4, -0.2) is 26.8 Å². The van der Waals surface area contributed by atoms with Gasteiger partial charge in [-0.15, -0.1) is 5.10 Å². The largest absolute Gasteiger partial charge is 0.320 e. The quantitative estimate of drug-likeness (QED) is 0.401. The lowest BCUT2D eigenvalue weighted by molar-refractivity contribution is -0.113. The molecule has 1 amide bonds. The van der Waals surface area contributed by atoms with Crippen LogP contribution in [0.15, 0.2) is 41.6 Å². The number of H-pyrrole nitrogens is 1. The lowest BCUT2D eigenvalue weighted by Gasteiger charge is -2.08. The van der Waals surface area contributed by atoms with Crippen LogP contribution in [0.4, 0.5) is 23.2 Å². The standard InChI is InChI=1S/C16H10F4N4OS/c17-9-6-10(18)13(20)14(12(9)19)21-11(25)7-26-16-22-15(23-24-16)8-4-2-1-3-5-8/h1-6H,7H2,(H,21,25)(H,22,23,24). The SMILES string of the molecule is O=C(CSc1n[nH]c(-c2ccccc2)n1)Nc1c(F)c(F)cc(F)c1F. The van der Waals surface area contributed by atoms with Gasteiger partial charge in [0.25, 0.3) is 0 Å². The number of anilines is 1. The highest BCUT2D eigenvalue weighted by molar-refractivity contribution is 7.99. The van der Waals surface area contributed by atoms with Crippen LogP contribution < -0.4 is 5.32 Å². The molecule has 3 aromatic rings. The van der Waals surface area contributed by atoms with Crippen molar-refractivity contribution in [3.8, 4) is 11.4 Å². The van der Waals surface area contributed by atoms with Gasteiger partial charge >= 0.3 is 0 Å². The summed E-state index contributed by atoms with van der Waals surface area (Å²) in [5.41, 5.74) is -0.385. The maximum atomic E-state index is 13.5. The number of aromatic nitrogens is 3. The fraction of sp³-hybridized carbons (Fsp3) is 0.0625. The second-order valence-corrected chi connectivity index (χ2v) is 5.96. The zero-order valence-corrected chi connectivity index (χ0v) is 13.7. The molecule has 0 saturated heterocycles. The van der Waals surface area contributed by atoms with Crippen molar-refractivity contribution in [2.45, 2.75) is 5.16 Å². The topological polar surface area (TPSA) is 70.7 Å². The predicted molar refractivity (Wildman–Crippen MR) is 87.4 cm³/mol. The number of aromatic amines is 1. The molecule has 134 valence electrons. The lowest BCUT2D eigenvalue weighted by atomic mass is 10.2. The monoisotopic (exact) mass is 382 g/mol. The second kappa shape index (κ2) is 7.56. The molecule has 0 aliphatic rings. The van der Waals surface area contributed by atoms with E-state index in [1.165, 1.54) is 0 Å². The minimum atomic E-state index is -1.67. The summed E-state index contributed by atoms with van der Waals surface area (Å²) in [5.74, 6) is -7.26. The molecule has 10 heteroatoms. The molecule has 5 nitrogen and oxygen atoms in total. The highest BCUT2D eigenvalue weighted by atomic mass is 32.2. The zero-order chi connectivity index (χ0) is 18.7. The van der Waals surface area contributed by atoms with Crippen molar-refractivity contribution in [1.29, 1.82) is 0 Å². The third kappa shape index (κ3) is 3.85. The lowest BCUT2D eigenvalue weighted by Crippen LogP contribution is -2.17. The van der Waals surface area contributed by atoms with Gasteiger partial charge in [0, 0.05) is 11.6 Å². The Morgan fingerprint density at radius 2 is 1.73 bits per heavy atom. The maximum Gasteiger partial charge on any atom is 0.235 e. The highest BCUT2D eigenvalue weighted by Crippen LogP contribution is 2.25. The molecule has 0 unspecified atom stereocenters. The predicted octanol–water partition coefficient (Wildman–Crippen LogP) is 3.76. The number of hydrogen-bond acceptors (Lipinski definition) is 4. The normalized spacial score (nSPS) is 10.8. The van der Waals surface area contributed by atoms with Gasteiger partial charge in [0.1, 0.15) is 5.69 Å². The summed E-state index contributed by atoms with van der Waals surface area (Å²) in [6.45, 7) is 0. The average molecular weight is 382 g/mol. The average Bonchev–Trinajstić information content (AvgIpc) is 3.12. The Bertz CT molecular complexity index is 923. The number of halogens is 4. The molecule has 0 saturated carbocycles. The first-order chi connectivity index (χ1) is 12.5. The maximum absolute atomic E-state index is 13.5. The Hall–Kier alpha value is -2.88. The molecule has 0 bridgehead atoms. The third-order valence-electron chi connectivity index (χ3n) is 3.22. The van der Waals surface area contributed by atoms with E-state index in [2.05, 4.69) is 15.2 Å². The molecule has 0 aliphatic heterocycles. The zero-order valence-electron chi connectivity index (χ0n) is 12.9. The third-order valence-corrected chi connectivity index (χ3v) is 4.07. The van der Waals surface area contributed by atoms with Gasteiger partial charge in [-0.2, -0.15) is 0 Å². The Balaban J connectivity index is 1.65. The first-order valence-corrected chi connectivity index (χ1v) is 8.17. The summed E-state index contributed by atoms with van der Waals surface area (Å²) < 4.78 is 53.3. The van der Waals surface area contributed by atoms with Crippen LogP contribution in [0.5, 0.6) is 0 Å². The second-order valence-electron chi connectivity index (χ2n) is 5.01. The molecule has 26 heavy (non-hydrogen) atoms. The fourth-order valence-electron chi connectivity index (χ4n) is 2.02. The van der Waals surface area contributed by atoms with Crippen LogP contribution in [-0.2, 0) is 4.79 Å². The van der Waals surface area contributed by atoms with Gasteiger partial charge in [0.05, 0.1) is 5.75 Å². The van der Waals surface area contributed by atoms with Gasteiger partial charge in [-0.05, 0) is 0 Å². The van der Waals surface area contributed by atoms with Crippen molar-refractivity contribution in [3.05, 3.63) is 59.7 Å². The van der Waals surface area contributed by atoms with Crippen molar-refractivity contribution in [2.75, 3.05) is 11.1 Å². The van der Waals surface area contributed by atoms with Gasteiger partial charge in [-0.25, -0.2) is 22.5 Å². The van der Waals surface area contributed by atoms with Crippen molar-refractivity contribution in [1.82, 2.24) is 15.2 Å². The Morgan fingerprint density at radius 1 is 1.08 bits per heavy atom. The molecular weight excluding hydrogens is 372 g/mol. The van der Waals surface area contributed by atoms with E-state index in [0.29, 0.717) is 5.82 Å². The van der Waals surface area contributed by atoms with Crippen molar-refractivity contribution in [2.24, 2.45) is 0 Å². The summed E-state index contributed by atoms with van der Waals surface area (Å²) in [4.78, 5) is 16.0. The molecule has 0 aliphatic carbocycles. The summed E-state index contributed by atoms with van der Waals surface area (Å²) in [7, 11) is 0. The van der Waals surface area contributed by atoms with Crippen LogP contribution >= 0.6 is 11.8 Å². The Kier molecular flexibility index (Phi) is 5.21. The molecular formula is C16H10F4N4OS. The molecule has 1 heterocycles. The first-order valence-electron chi connectivity index (χ1n) is 7.19. The van der Waals surface area contributed by atoms with E-state index in [1.807, 2.05) is 35.6 Å². The summed E-state index contributed by atoms with van der Waals surface area (Å²) in [6.07, 6.45) is 0. The van der Waals surface area contributed by atoms with Crippen molar-refractivity contribution in [3.63, 3.8) is 0 Å². The van der Waals surface area contributed by atoms with Crippen LogP contribution in [0.25, 0.3) is 11.4 Å². The van der Waals surface area contributed by atoms with Crippen LogP contribution in [0.2, 0.25) is 0 Å². The summed E-state index contributed by atoms with van der Waals surface area (Å²) in [5, 5.41) is 8.65. The number of amides is 1. The van der Waals surface area contributed by atoms with Crippen molar-refractivity contribution < 1.29 is 22.4 Å². The number of rotatable bonds is 5. The van der Waals surface area contributed by atoms with E-state index in [0.717, 1.165) is 17.3 Å². The van der Waals surface area contributed by atoms with Gasteiger partial charge in [0.2, 0.25) is 11.1 Å². The molecule has 3 rings (SSSR count). The number of hydrogen-bond donors (Lipinski definition) is 2. The number of benzene rings is 2. The van der Waals surface area contributed by atoms with E-state index in [1.54, 1.807) is 0 Å². The first kappa shape index (κ1) is 17.9. The van der Waals surface area contributed by atoms with E-state index in [4.69, 9.17) is 0 Å². The molecule has 0 atom stereocenters. The minimum Gasteiger partial charge on any atom is -0.320 e. The number of nitrogens with one attached hydrogen (secondary N) is 2. The van der Waals surface area contributed by atoms with E-state index in [-0.39, 0.29) is 17.0 Å². The fourth-order valence-corrected chi connectivity index (χ4v) is 2.62. The number of nitrogens with zero attached hydrogens (tertiary/aromatic N) is 2. The van der Waals surface area contributed by atoms with E-state index >= 15 is 0 Å². The highest BCUT2D eigenvalue weighted by Gasteiger charge is 2.21. The number of carbonyl (C=O) groups is 1. The van der Waals surface area contributed by atoms with Crippen LogP contribution in [0, 0.1) is 23.3 Å². The van der Waals surface area contributed by atoms with Gasteiger partial charge < -0.3 is 5.32 Å². The van der Waals surface area contributed by atoms with Crippen LogP contribution in [0.1, 0.15) is 0 Å². The van der Waals surface area contributed by atoms with E-state index in [9.17, 15) is 22.4 Å². The van der Waals surface area contributed by atoms with Crippen LogP contribution in [0.3, 0.4) is 0 Å². The Labute approximate surface area is 148 Å². The smallest absolute Gasteiger partial charge is 0.235 e. The Morgan fingerprint density at radius 3 is 2.38 bits per heavy atom. The molecule has 2 N–H and O–H groups in total.